The lowest BCUT2D eigenvalue weighted by atomic mass is 10.2. The number of hydrogen-bond donors (Lipinski definition) is 1. The van der Waals surface area contributed by atoms with Gasteiger partial charge >= 0.3 is 0 Å². The van der Waals surface area contributed by atoms with Crippen LogP contribution in [0.15, 0.2) is 60.7 Å². The summed E-state index contributed by atoms with van der Waals surface area (Å²) in [4.78, 5) is 12.3. The van der Waals surface area contributed by atoms with E-state index in [0.29, 0.717) is 12.4 Å². The molecule has 3 aromatic rings. The number of carbonyl (C=O) groups excluding carboxylic acids is 1. The molecule has 0 unspecified atom stereocenters. The molecule has 0 aliphatic rings. The van der Waals surface area contributed by atoms with Crippen LogP contribution in [0.25, 0.3) is 5.69 Å². The highest BCUT2D eigenvalue weighted by atomic mass is 16.5. The fourth-order valence-corrected chi connectivity index (χ4v) is 2.64. The van der Waals surface area contributed by atoms with E-state index >= 15 is 0 Å². The smallest absolute Gasteiger partial charge is 0.228 e. The number of aryl methyl sites for hydroxylation is 2. The Morgan fingerprint density at radius 3 is 2.54 bits per heavy atom. The Kier molecular flexibility index (Phi) is 5.69. The third kappa shape index (κ3) is 4.51. The molecule has 0 saturated carbocycles. The van der Waals surface area contributed by atoms with Gasteiger partial charge in [0.2, 0.25) is 5.91 Å². The Morgan fingerprint density at radius 2 is 1.85 bits per heavy atom. The normalized spacial score (nSPS) is 10.5. The molecule has 1 N–H and O–H groups in total. The minimum Gasteiger partial charge on any atom is -0.493 e. The predicted octanol–water partition coefficient (Wildman–Crippen LogP) is 4.15. The molecule has 0 aliphatic heterocycles. The number of benzene rings is 2. The molecule has 0 fully saturated rings. The lowest BCUT2D eigenvalue weighted by Crippen LogP contribution is -2.17. The molecule has 0 spiro atoms. The molecule has 26 heavy (non-hydrogen) atoms. The lowest BCUT2D eigenvalue weighted by Gasteiger charge is -2.10. The van der Waals surface area contributed by atoms with Crippen molar-refractivity contribution in [1.82, 2.24) is 9.78 Å². The Balaban J connectivity index is 1.57. The van der Waals surface area contributed by atoms with E-state index in [4.69, 9.17) is 4.74 Å². The van der Waals surface area contributed by atoms with Crippen molar-refractivity contribution >= 4 is 11.7 Å². The van der Waals surface area contributed by atoms with Crippen molar-refractivity contribution in [1.29, 1.82) is 0 Å². The van der Waals surface area contributed by atoms with Crippen molar-refractivity contribution in [2.75, 3.05) is 11.9 Å². The van der Waals surface area contributed by atoms with Gasteiger partial charge in [0.1, 0.15) is 11.6 Å². The van der Waals surface area contributed by atoms with Gasteiger partial charge in [-0.3, -0.25) is 4.79 Å². The van der Waals surface area contributed by atoms with Crippen LogP contribution in [0.5, 0.6) is 5.75 Å². The van der Waals surface area contributed by atoms with Gasteiger partial charge < -0.3 is 10.1 Å². The molecule has 5 nitrogen and oxygen atoms in total. The van der Waals surface area contributed by atoms with Crippen LogP contribution in [0.1, 0.15) is 24.6 Å². The summed E-state index contributed by atoms with van der Waals surface area (Å²) in [6.45, 7) is 4.34. The maximum absolute atomic E-state index is 12.3. The van der Waals surface area contributed by atoms with Crippen LogP contribution in [-0.4, -0.2) is 22.3 Å². The van der Waals surface area contributed by atoms with Gasteiger partial charge in [-0.15, -0.1) is 0 Å². The highest BCUT2D eigenvalue weighted by Gasteiger charge is 2.11. The van der Waals surface area contributed by atoms with Crippen LogP contribution in [0, 0.1) is 6.92 Å². The van der Waals surface area contributed by atoms with Crippen molar-refractivity contribution in [3.63, 3.8) is 0 Å². The third-order valence-electron chi connectivity index (χ3n) is 4.03. The van der Waals surface area contributed by atoms with Crippen LogP contribution < -0.4 is 10.1 Å². The average molecular weight is 349 g/mol. The van der Waals surface area contributed by atoms with Crippen LogP contribution >= 0.6 is 0 Å². The molecular formula is C21H23N3O2. The van der Waals surface area contributed by atoms with Crippen LogP contribution in [-0.2, 0) is 11.2 Å². The van der Waals surface area contributed by atoms with Gasteiger partial charge in [0, 0.05) is 6.07 Å². The maximum atomic E-state index is 12.3. The first-order valence-electron chi connectivity index (χ1n) is 8.79. The molecular weight excluding hydrogens is 326 g/mol. The minimum absolute atomic E-state index is 0.104. The Labute approximate surface area is 153 Å². The van der Waals surface area contributed by atoms with Gasteiger partial charge in [-0.2, -0.15) is 5.10 Å². The molecule has 1 amide bonds. The summed E-state index contributed by atoms with van der Waals surface area (Å²) in [5.74, 6) is 1.33. The van der Waals surface area contributed by atoms with Crippen molar-refractivity contribution in [3.05, 3.63) is 71.9 Å². The average Bonchev–Trinajstić information content (AvgIpc) is 3.03. The number of ether oxygens (including phenoxy) is 1. The molecule has 0 bridgehead atoms. The number of nitrogens with one attached hydrogen (secondary N) is 1. The zero-order chi connectivity index (χ0) is 18.4. The van der Waals surface area contributed by atoms with Crippen molar-refractivity contribution in [2.45, 2.75) is 26.7 Å². The number of amides is 1. The molecule has 2 aromatic carbocycles. The minimum atomic E-state index is -0.104. The number of anilines is 1. The first-order valence-corrected chi connectivity index (χ1v) is 8.79. The van der Waals surface area contributed by atoms with Crippen LogP contribution in [0.2, 0.25) is 0 Å². The molecule has 0 saturated heterocycles. The topological polar surface area (TPSA) is 56.1 Å². The molecule has 1 aromatic heterocycles. The summed E-state index contributed by atoms with van der Waals surface area (Å²) in [7, 11) is 0. The van der Waals surface area contributed by atoms with E-state index < -0.39 is 0 Å². The van der Waals surface area contributed by atoms with E-state index in [1.807, 2.05) is 67.6 Å². The van der Waals surface area contributed by atoms with Gasteiger partial charge in [-0.05, 0) is 43.2 Å². The fourth-order valence-electron chi connectivity index (χ4n) is 2.64. The van der Waals surface area contributed by atoms with Gasteiger partial charge in [0.25, 0.3) is 0 Å². The van der Waals surface area contributed by atoms with E-state index in [-0.39, 0.29) is 12.3 Å². The van der Waals surface area contributed by atoms with Gasteiger partial charge in [0.15, 0.2) is 0 Å². The Hall–Kier alpha value is -3.08. The zero-order valence-corrected chi connectivity index (χ0v) is 15.1. The van der Waals surface area contributed by atoms with Gasteiger partial charge in [0.05, 0.1) is 24.4 Å². The summed E-state index contributed by atoms with van der Waals surface area (Å²) in [6, 6.07) is 19.5. The standard InChI is InChI=1S/C21H23N3O2/c1-3-17-9-11-19(12-10-17)26-14-13-21(25)22-20-15-16(2)23-24(20)18-7-5-4-6-8-18/h4-12,15H,3,13-14H2,1-2H3,(H,22,25). The SMILES string of the molecule is CCc1ccc(OCCC(=O)Nc2cc(C)nn2-c2ccccc2)cc1. The zero-order valence-electron chi connectivity index (χ0n) is 15.1. The van der Waals surface area contributed by atoms with Crippen molar-refractivity contribution in [3.8, 4) is 11.4 Å². The Morgan fingerprint density at radius 1 is 1.12 bits per heavy atom. The second-order valence-electron chi connectivity index (χ2n) is 6.06. The number of carbonyl (C=O) groups is 1. The third-order valence-corrected chi connectivity index (χ3v) is 4.03. The Bertz CT molecular complexity index is 855. The molecule has 134 valence electrons. The van der Waals surface area contributed by atoms with Crippen molar-refractivity contribution in [2.24, 2.45) is 0 Å². The monoisotopic (exact) mass is 349 g/mol. The van der Waals surface area contributed by atoms with Crippen molar-refractivity contribution < 1.29 is 9.53 Å². The fraction of sp³-hybridized carbons (Fsp3) is 0.238. The van der Waals surface area contributed by atoms with Crippen LogP contribution in [0.3, 0.4) is 0 Å². The summed E-state index contributed by atoms with van der Waals surface area (Å²) < 4.78 is 7.38. The van der Waals surface area contributed by atoms with E-state index in [1.54, 1.807) is 4.68 Å². The lowest BCUT2D eigenvalue weighted by molar-refractivity contribution is -0.116. The first-order chi connectivity index (χ1) is 12.7. The number of aromatic nitrogens is 2. The predicted molar refractivity (Wildman–Crippen MR) is 103 cm³/mol. The summed E-state index contributed by atoms with van der Waals surface area (Å²) in [5, 5.41) is 7.36. The number of hydrogen-bond acceptors (Lipinski definition) is 3. The van der Waals surface area contributed by atoms with Gasteiger partial charge in [-0.1, -0.05) is 37.3 Å². The molecule has 0 aliphatic carbocycles. The summed E-state index contributed by atoms with van der Waals surface area (Å²) in [6.07, 6.45) is 1.27. The summed E-state index contributed by atoms with van der Waals surface area (Å²) >= 11 is 0. The highest BCUT2D eigenvalue weighted by molar-refractivity contribution is 5.90. The quantitative estimate of drug-likeness (QED) is 0.697. The number of para-hydroxylation sites is 1. The molecule has 5 heteroatoms. The second-order valence-corrected chi connectivity index (χ2v) is 6.06. The first kappa shape index (κ1) is 17.7. The molecule has 1 heterocycles. The second kappa shape index (κ2) is 8.34. The van der Waals surface area contributed by atoms with Crippen LogP contribution in [0.4, 0.5) is 5.82 Å². The van der Waals surface area contributed by atoms with E-state index in [0.717, 1.165) is 23.6 Å². The highest BCUT2D eigenvalue weighted by Crippen LogP contribution is 2.17. The largest absolute Gasteiger partial charge is 0.493 e. The molecule has 0 radical (unpaired) electrons. The van der Waals surface area contributed by atoms with Gasteiger partial charge in [-0.25, -0.2) is 4.68 Å². The maximum Gasteiger partial charge on any atom is 0.228 e. The van der Waals surface area contributed by atoms with E-state index in [9.17, 15) is 4.79 Å². The van der Waals surface area contributed by atoms with E-state index in [1.165, 1.54) is 5.56 Å². The van der Waals surface area contributed by atoms with E-state index in [2.05, 4.69) is 17.3 Å². The summed E-state index contributed by atoms with van der Waals surface area (Å²) in [5.41, 5.74) is 3.01. The number of rotatable bonds is 7. The molecule has 0 atom stereocenters. The number of nitrogens with zero attached hydrogens (tertiary/aromatic N) is 2. The molecule has 3 rings (SSSR count).